The summed E-state index contributed by atoms with van der Waals surface area (Å²) in [4.78, 5) is 39.1. The molecule has 0 bridgehead atoms. The predicted molar refractivity (Wildman–Crippen MR) is 158 cm³/mol. The lowest BCUT2D eigenvalue weighted by Crippen LogP contribution is -2.66. The van der Waals surface area contributed by atoms with Crippen molar-refractivity contribution < 1.29 is 24.2 Å². The molecule has 4 saturated carbocycles. The van der Waals surface area contributed by atoms with E-state index in [0.29, 0.717) is 19.4 Å². The molecule has 40 heavy (non-hydrogen) atoms. The average molecular weight is 578 g/mol. The molecular weight excluding hydrogens is 526 g/mol. The third-order valence-electron chi connectivity index (χ3n) is 13.7. The second-order valence-corrected chi connectivity index (χ2v) is 15.9. The van der Waals surface area contributed by atoms with Crippen LogP contribution >= 0.6 is 12.4 Å². The van der Waals surface area contributed by atoms with E-state index in [1.165, 1.54) is 5.57 Å². The minimum atomic E-state index is -0.739. The molecule has 5 rings (SSSR count). The standard InChI is InChI=1S/C33H51NO5.ClH/c1-28(2)23-8-12-33(7)26(31(23,5)11-9-24(28)39-25(36)10-17-34)22(35)18-20-21-19-30(4,27(37)38)14-13-29(21,3)15-16-32(20,33)6;/h18,21,23-24,26H,8-17,19,34H2,1-7H3,(H,37,38);1H/t21-,23-,24-,26+,29+,30-,31-,32+,33+;/m0./s1. The maximum Gasteiger partial charge on any atom is 0.309 e. The minimum absolute atomic E-state index is 0. The fraction of sp³-hybridized carbons (Fsp3) is 0.848. The van der Waals surface area contributed by atoms with E-state index in [-0.39, 0.29) is 81.5 Å². The summed E-state index contributed by atoms with van der Waals surface area (Å²) in [5.74, 6) is -0.362. The van der Waals surface area contributed by atoms with Gasteiger partial charge in [0.1, 0.15) is 6.10 Å². The van der Waals surface area contributed by atoms with Gasteiger partial charge in [0.15, 0.2) is 5.78 Å². The van der Waals surface area contributed by atoms with Crippen molar-refractivity contribution in [2.24, 2.45) is 56.0 Å². The molecule has 226 valence electrons. The Morgan fingerprint density at radius 3 is 2.25 bits per heavy atom. The average Bonchev–Trinajstić information content (AvgIpc) is 2.83. The number of rotatable bonds is 4. The summed E-state index contributed by atoms with van der Waals surface area (Å²) in [6.45, 7) is 16.1. The van der Waals surface area contributed by atoms with E-state index in [1.807, 2.05) is 13.0 Å². The molecule has 0 aromatic carbocycles. The number of carbonyl (C=O) groups is 3. The molecule has 0 saturated heterocycles. The normalized spacial score (nSPS) is 47.3. The number of esters is 1. The van der Waals surface area contributed by atoms with Crippen LogP contribution in [-0.4, -0.2) is 35.5 Å². The molecule has 0 aliphatic heterocycles. The van der Waals surface area contributed by atoms with E-state index < -0.39 is 11.4 Å². The topological polar surface area (TPSA) is 107 Å². The number of carbonyl (C=O) groups excluding carboxylic acids is 2. The van der Waals surface area contributed by atoms with Crippen molar-refractivity contribution in [1.82, 2.24) is 0 Å². The lowest BCUT2D eigenvalue weighted by atomic mass is 9.33. The summed E-state index contributed by atoms with van der Waals surface area (Å²) in [6.07, 6.45) is 10.1. The molecule has 0 amide bonds. The van der Waals surface area contributed by atoms with Gasteiger partial charge in [-0.05, 0) is 104 Å². The Balaban J connectivity index is 0.00000370. The predicted octanol–water partition coefficient (Wildman–Crippen LogP) is 6.73. The van der Waals surface area contributed by atoms with Crippen LogP contribution in [0.15, 0.2) is 11.6 Å². The number of ether oxygens (including phenoxy) is 1. The third-order valence-corrected chi connectivity index (χ3v) is 13.7. The molecule has 3 N–H and O–H groups in total. The monoisotopic (exact) mass is 577 g/mol. The first-order valence-corrected chi connectivity index (χ1v) is 15.4. The van der Waals surface area contributed by atoms with E-state index in [4.69, 9.17) is 10.5 Å². The summed E-state index contributed by atoms with van der Waals surface area (Å²) in [7, 11) is 0. The van der Waals surface area contributed by atoms with Crippen LogP contribution in [0.2, 0.25) is 0 Å². The number of hydrogen-bond donors (Lipinski definition) is 2. The Bertz CT molecular complexity index is 1120. The molecule has 0 radical (unpaired) electrons. The van der Waals surface area contributed by atoms with Crippen LogP contribution in [0, 0.1) is 50.2 Å². The Kier molecular flexibility index (Phi) is 7.75. The van der Waals surface area contributed by atoms with Gasteiger partial charge < -0.3 is 15.6 Å². The van der Waals surface area contributed by atoms with Gasteiger partial charge >= 0.3 is 11.9 Å². The fourth-order valence-corrected chi connectivity index (χ4v) is 10.9. The van der Waals surface area contributed by atoms with Crippen molar-refractivity contribution in [1.29, 1.82) is 0 Å². The van der Waals surface area contributed by atoms with Crippen molar-refractivity contribution >= 4 is 30.1 Å². The van der Waals surface area contributed by atoms with Crippen molar-refractivity contribution in [2.75, 3.05) is 6.54 Å². The number of nitrogens with two attached hydrogens (primary N) is 1. The third kappa shape index (κ3) is 4.16. The highest BCUT2D eigenvalue weighted by molar-refractivity contribution is 5.95. The molecule has 0 spiro atoms. The quantitative estimate of drug-likeness (QED) is 0.359. The number of allylic oxidation sites excluding steroid dienone is 2. The summed E-state index contributed by atoms with van der Waals surface area (Å²) >= 11 is 0. The van der Waals surface area contributed by atoms with Crippen LogP contribution in [0.1, 0.15) is 113 Å². The van der Waals surface area contributed by atoms with Crippen molar-refractivity contribution in [3.8, 4) is 0 Å². The summed E-state index contributed by atoms with van der Waals surface area (Å²) in [6, 6.07) is 0. The van der Waals surface area contributed by atoms with Crippen LogP contribution in [0.3, 0.4) is 0 Å². The number of carboxylic acid groups (broad SMARTS) is 1. The van der Waals surface area contributed by atoms with Gasteiger partial charge in [0.25, 0.3) is 0 Å². The number of halogens is 1. The van der Waals surface area contributed by atoms with Crippen LogP contribution in [0.25, 0.3) is 0 Å². The van der Waals surface area contributed by atoms with Crippen LogP contribution in [0.4, 0.5) is 0 Å². The SMILES string of the molecule is CC1(C)[C@@H](OC(=O)CCN)CC[C@]2(C)[C@H]3C(=O)C=C4[C@@H]5C[C@@](C)(C(=O)O)CC[C@]5(C)CC[C@@]4(C)[C@]3(C)CC[C@@H]12.Cl. The smallest absolute Gasteiger partial charge is 0.309 e. The highest BCUT2D eigenvalue weighted by Crippen LogP contribution is 2.75. The van der Waals surface area contributed by atoms with Gasteiger partial charge in [-0.3, -0.25) is 14.4 Å². The lowest BCUT2D eigenvalue weighted by Gasteiger charge is -2.70. The van der Waals surface area contributed by atoms with Gasteiger partial charge in [-0.15, -0.1) is 12.4 Å². The Hall–Kier alpha value is -1.40. The Morgan fingerprint density at radius 1 is 0.975 bits per heavy atom. The first-order valence-electron chi connectivity index (χ1n) is 15.4. The fourth-order valence-electron chi connectivity index (χ4n) is 10.9. The van der Waals surface area contributed by atoms with E-state index in [0.717, 1.165) is 44.9 Å². The van der Waals surface area contributed by atoms with Crippen LogP contribution in [0.5, 0.6) is 0 Å². The zero-order valence-electron chi connectivity index (χ0n) is 25.7. The number of ketones is 1. The van der Waals surface area contributed by atoms with Gasteiger partial charge in [0.05, 0.1) is 11.8 Å². The molecule has 0 aromatic heterocycles. The molecule has 0 aromatic rings. The van der Waals surface area contributed by atoms with Crippen molar-refractivity contribution in [2.45, 2.75) is 119 Å². The molecule has 7 heteroatoms. The maximum absolute atomic E-state index is 14.4. The van der Waals surface area contributed by atoms with Crippen molar-refractivity contribution in [3.63, 3.8) is 0 Å². The highest BCUT2D eigenvalue weighted by Gasteiger charge is 2.70. The number of aliphatic carboxylic acids is 1. The van der Waals surface area contributed by atoms with Crippen molar-refractivity contribution in [3.05, 3.63) is 11.6 Å². The van der Waals surface area contributed by atoms with Gasteiger partial charge in [0, 0.05) is 17.9 Å². The molecule has 4 fully saturated rings. The lowest BCUT2D eigenvalue weighted by molar-refractivity contribution is -0.211. The number of hydrogen-bond acceptors (Lipinski definition) is 5. The van der Waals surface area contributed by atoms with Crippen LogP contribution < -0.4 is 5.73 Å². The minimum Gasteiger partial charge on any atom is -0.481 e. The zero-order chi connectivity index (χ0) is 28.8. The van der Waals surface area contributed by atoms with Gasteiger partial charge in [0.2, 0.25) is 0 Å². The van der Waals surface area contributed by atoms with Gasteiger partial charge in [-0.2, -0.15) is 0 Å². The molecule has 5 aliphatic carbocycles. The first kappa shape index (κ1) is 31.5. The number of fused-ring (bicyclic) bond motifs is 7. The zero-order valence-corrected chi connectivity index (χ0v) is 26.5. The first-order chi connectivity index (χ1) is 18.0. The summed E-state index contributed by atoms with van der Waals surface area (Å²) in [5, 5.41) is 10.1. The van der Waals surface area contributed by atoms with Crippen LogP contribution in [-0.2, 0) is 19.1 Å². The van der Waals surface area contributed by atoms with Gasteiger partial charge in [-0.25, -0.2) is 0 Å². The van der Waals surface area contributed by atoms with E-state index >= 15 is 0 Å². The second-order valence-electron chi connectivity index (χ2n) is 15.9. The van der Waals surface area contributed by atoms with E-state index in [2.05, 4.69) is 41.5 Å². The summed E-state index contributed by atoms with van der Waals surface area (Å²) in [5.41, 5.74) is 5.44. The molecule has 0 heterocycles. The van der Waals surface area contributed by atoms with Gasteiger partial charge in [-0.1, -0.05) is 47.1 Å². The van der Waals surface area contributed by atoms with E-state index in [9.17, 15) is 19.5 Å². The Morgan fingerprint density at radius 2 is 1.62 bits per heavy atom. The molecular formula is C33H52ClNO5. The molecule has 6 nitrogen and oxygen atoms in total. The second kappa shape index (κ2) is 9.82. The summed E-state index contributed by atoms with van der Waals surface area (Å²) < 4.78 is 5.98. The molecule has 0 unspecified atom stereocenters. The molecule has 5 aliphatic rings. The largest absolute Gasteiger partial charge is 0.481 e. The molecule has 9 atom stereocenters. The Labute approximate surface area is 247 Å². The highest BCUT2D eigenvalue weighted by atomic mass is 35.5. The van der Waals surface area contributed by atoms with E-state index in [1.54, 1.807) is 0 Å². The number of carboxylic acids is 1. The maximum atomic E-state index is 14.4.